The number of aromatic nitrogens is 1. The first-order valence-corrected chi connectivity index (χ1v) is 8.29. The molecular weight excluding hydrogens is 326 g/mol. The van der Waals surface area contributed by atoms with E-state index in [0.717, 1.165) is 28.3 Å². The van der Waals surface area contributed by atoms with Gasteiger partial charge < -0.3 is 9.15 Å². The average molecular weight is 343 g/mol. The van der Waals surface area contributed by atoms with E-state index in [1.54, 1.807) is 11.7 Å². The first-order valence-electron chi connectivity index (χ1n) is 8.29. The molecule has 0 atom stereocenters. The van der Waals surface area contributed by atoms with E-state index in [1.807, 2.05) is 84.9 Å². The van der Waals surface area contributed by atoms with Gasteiger partial charge in [0.15, 0.2) is 5.76 Å². The summed E-state index contributed by atoms with van der Waals surface area (Å²) in [6, 6.07) is 26.8. The Kier molecular flexibility index (Phi) is 4.15. The summed E-state index contributed by atoms with van der Waals surface area (Å²) in [7, 11) is 1.61. The highest BCUT2D eigenvalue weighted by Crippen LogP contribution is 2.33. The zero-order chi connectivity index (χ0) is 17.9. The molecule has 4 rings (SSSR count). The first-order chi connectivity index (χ1) is 12.8. The standard InChI is InChI=1S/C22H17NO3/c1-25-19-14-12-18(13-15-19)23-20(16-8-4-2-5-9-16)21(26-22(23)24)17-10-6-3-7-11-17/h2-15H,1H3. The second kappa shape index (κ2) is 6.76. The molecule has 1 aromatic heterocycles. The smallest absolute Gasteiger partial charge is 0.424 e. The monoisotopic (exact) mass is 343 g/mol. The molecule has 0 aliphatic rings. The molecule has 0 bridgehead atoms. The van der Waals surface area contributed by atoms with Crippen molar-refractivity contribution in [2.75, 3.05) is 7.11 Å². The summed E-state index contributed by atoms with van der Waals surface area (Å²) in [5, 5.41) is 0. The van der Waals surface area contributed by atoms with Gasteiger partial charge in [-0.15, -0.1) is 0 Å². The Bertz CT molecular complexity index is 1060. The minimum Gasteiger partial charge on any atom is -0.497 e. The van der Waals surface area contributed by atoms with Crippen molar-refractivity contribution in [2.45, 2.75) is 0 Å². The third-order valence-corrected chi connectivity index (χ3v) is 4.22. The lowest BCUT2D eigenvalue weighted by Crippen LogP contribution is -2.13. The Morgan fingerprint density at radius 1 is 0.769 bits per heavy atom. The van der Waals surface area contributed by atoms with Crippen LogP contribution in [0.15, 0.2) is 94.1 Å². The largest absolute Gasteiger partial charge is 0.497 e. The van der Waals surface area contributed by atoms with E-state index in [2.05, 4.69) is 0 Å². The third-order valence-electron chi connectivity index (χ3n) is 4.22. The van der Waals surface area contributed by atoms with Crippen molar-refractivity contribution in [1.82, 2.24) is 4.57 Å². The molecule has 0 aliphatic heterocycles. The van der Waals surface area contributed by atoms with Gasteiger partial charge in [-0.1, -0.05) is 60.7 Å². The number of ether oxygens (including phenoxy) is 1. The maximum Gasteiger partial charge on any atom is 0.424 e. The van der Waals surface area contributed by atoms with Gasteiger partial charge >= 0.3 is 5.76 Å². The number of rotatable bonds is 4. The van der Waals surface area contributed by atoms with Gasteiger partial charge in [0.1, 0.15) is 11.4 Å². The summed E-state index contributed by atoms with van der Waals surface area (Å²) in [6.45, 7) is 0. The Labute approximate surface area is 150 Å². The summed E-state index contributed by atoms with van der Waals surface area (Å²) in [4.78, 5) is 12.7. The molecule has 0 amide bonds. The van der Waals surface area contributed by atoms with Crippen LogP contribution in [0.5, 0.6) is 5.75 Å². The highest BCUT2D eigenvalue weighted by molar-refractivity contribution is 5.78. The summed E-state index contributed by atoms with van der Waals surface area (Å²) >= 11 is 0. The topological polar surface area (TPSA) is 44.4 Å². The van der Waals surface area contributed by atoms with E-state index in [1.165, 1.54) is 0 Å². The molecule has 0 fully saturated rings. The molecule has 26 heavy (non-hydrogen) atoms. The summed E-state index contributed by atoms with van der Waals surface area (Å²) in [5.74, 6) is 0.861. The fourth-order valence-corrected chi connectivity index (χ4v) is 2.98. The Morgan fingerprint density at radius 3 is 1.92 bits per heavy atom. The summed E-state index contributed by atoms with van der Waals surface area (Å²) in [6.07, 6.45) is 0. The minimum atomic E-state index is -0.423. The molecule has 4 nitrogen and oxygen atoms in total. The fourth-order valence-electron chi connectivity index (χ4n) is 2.98. The van der Waals surface area contributed by atoms with Gasteiger partial charge in [-0.05, 0) is 24.3 Å². The summed E-state index contributed by atoms with van der Waals surface area (Å²) in [5.41, 5.74) is 3.22. The molecule has 0 saturated heterocycles. The van der Waals surface area contributed by atoms with E-state index in [4.69, 9.17) is 9.15 Å². The normalized spacial score (nSPS) is 10.7. The molecule has 0 unspecified atom stereocenters. The highest BCUT2D eigenvalue weighted by atomic mass is 16.5. The van der Waals surface area contributed by atoms with Crippen molar-refractivity contribution in [3.8, 4) is 34.0 Å². The number of hydrogen-bond acceptors (Lipinski definition) is 3. The van der Waals surface area contributed by atoms with Crippen molar-refractivity contribution in [3.05, 3.63) is 95.5 Å². The Hall–Kier alpha value is -3.53. The predicted octanol–water partition coefficient (Wildman–Crippen LogP) is 4.77. The molecular formula is C22H17NO3. The second-order valence-electron chi connectivity index (χ2n) is 5.81. The molecule has 0 N–H and O–H groups in total. The molecule has 0 spiro atoms. The Morgan fingerprint density at radius 2 is 1.35 bits per heavy atom. The van der Waals surface area contributed by atoms with Gasteiger partial charge in [-0.2, -0.15) is 0 Å². The molecule has 4 heteroatoms. The van der Waals surface area contributed by atoms with E-state index < -0.39 is 5.76 Å². The maximum atomic E-state index is 12.7. The zero-order valence-electron chi connectivity index (χ0n) is 14.3. The van der Waals surface area contributed by atoms with Crippen LogP contribution in [-0.4, -0.2) is 11.7 Å². The molecule has 0 radical (unpaired) electrons. The molecule has 0 aliphatic carbocycles. The van der Waals surface area contributed by atoms with Crippen LogP contribution in [0, 0.1) is 0 Å². The van der Waals surface area contributed by atoms with Gasteiger partial charge in [0.05, 0.1) is 12.8 Å². The maximum absolute atomic E-state index is 12.7. The van der Waals surface area contributed by atoms with E-state index in [9.17, 15) is 4.79 Å². The van der Waals surface area contributed by atoms with Crippen molar-refractivity contribution < 1.29 is 9.15 Å². The second-order valence-corrected chi connectivity index (χ2v) is 5.81. The molecule has 0 saturated carbocycles. The molecule has 3 aromatic carbocycles. The van der Waals surface area contributed by atoms with E-state index in [0.29, 0.717) is 5.76 Å². The number of methoxy groups -OCH3 is 1. The zero-order valence-corrected chi connectivity index (χ0v) is 14.3. The molecule has 1 heterocycles. The van der Waals surface area contributed by atoms with Crippen LogP contribution in [0.2, 0.25) is 0 Å². The van der Waals surface area contributed by atoms with Crippen molar-refractivity contribution in [1.29, 1.82) is 0 Å². The van der Waals surface area contributed by atoms with Crippen LogP contribution in [0.3, 0.4) is 0 Å². The predicted molar refractivity (Wildman–Crippen MR) is 102 cm³/mol. The average Bonchev–Trinajstić information content (AvgIpc) is 3.06. The van der Waals surface area contributed by atoms with Crippen LogP contribution in [0.1, 0.15) is 0 Å². The van der Waals surface area contributed by atoms with Gasteiger partial charge in [0.2, 0.25) is 0 Å². The van der Waals surface area contributed by atoms with Crippen LogP contribution >= 0.6 is 0 Å². The van der Waals surface area contributed by atoms with Crippen LogP contribution in [0.25, 0.3) is 28.3 Å². The van der Waals surface area contributed by atoms with Gasteiger partial charge in [-0.25, -0.2) is 9.36 Å². The van der Waals surface area contributed by atoms with Crippen molar-refractivity contribution >= 4 is 0 Å². The van der Waals surface area contributed by atoms with Crippen molar-refractivity contribution in [3.63, 3.8) is 0 Å². The number of oxazole rings is 1. The lowest BCUT2D eigenvalue weighted by molar-refractivity contribution is 0.414. The summed E-state index contributed by atoms with van der Waals surface area (Å²) < 4.78 is 12.5. The Balaban J connectivity index is 1.99. The van der Waals surface area contributed by atoms with Gasteiger partial charge in [-0.3, -0.25) is 0 Å². The van der Waals surface area contributed by atoms with E-state index >= 15 is 0 Å². The number of nitrogens with zero attached hydrogens (tertiary/aromatic N) is 1. The first kappa shape index (κ1) is 16.0. The number of hydrogen-bond donors (Lipinski definition) is 0. The SMILES string of the molecule is COc1ccc(-n2c(-c3ccccc3)c(-c3ccccc3)oc2=O)cc1. The number of benzene rings is 3. The quantitative estimate of drug-likeness (QED) is 0.536. The van der Waals surface area contributed by atoms with Crippen LogP contribution in [-0.2, 0) is 0 Å². The van der Waals surface area contributed by atoms with Crippen molar-refractivity contribution in [2.24, 2.45) is 0 Å². The fraction of sp³-hybridized carbons (Fsp3) is 0.0455. The lowest BCUT2D eigenvalue weighted by atomic mass is 10.1. The van der Waals surface area contributed by atoms with Crippen LogP contribution < -0.4 is 10.5 Å². The van der Waals surface area contributed by atoms with Crippen LogP contribution in [0.4, 0.5) is 0 Å². The third kappa shape index (κ3) is 2.82. The minimum absolute atomic E-state index is 0.423. The van der Waals surface area contributed by atoms with E-state index in [-0.39, 0.29) is 0 Å². The molecule has 4 aromatic rings. The van der Waals surface area contributed by atoms with Gasteiger partial charge in [0.25, 0.3) is 0 Å². The molecule has 128 valence electrons. The van der Waals surface area contributed by atoms with Gasteiger partial charge in [0, 0.05) is 11.1 Å². The lowest BCUT2D eigenvalue weighted by Gasteiger charge is -2.09. The highest BCUT2D eigenvalue weighted by Gasteiger charge is 2.21.